The summed E-state index contributed by atoms with van der Waals surface area (Å²) in [5.41, 5.74) is 0. The van der Waals surface area contributed by atoms with Gasteiger partial charge in [-0.1, -0.05) is 0 Å². The second kappa shape index (κ2) is 9.43. The molecule has 6 heavy (non-hydrogen) atoms. The molecule has 0 aliphatic rings. The summed E-state index contributed by atoms with van der Waals surface area (Å²) < 4.78 is 0. The standard InChI is InChI=1S/C3H9Ge.CH5Ge/c1-4(2)3;1-2/h1-3H3;2H2,1H3. The number of hydrogen-bond donors (Lipinski definition) is 0. The first-order chi connectivity index (χ1) is 2.73. The molecule has 0 aromatic heterocycles. The molecule has 0 aromatic rings. The molecule has 0 nitrogen and oxygen atoms in total. The van der Waals surface area contributed by atoms with E-state index in [1.54, 1.807) is 0 Å². The second-order valence-electron chi connectivity index (χ2n) is 1.50. The molecule has 0 spiro atoms. The summed E-state index contributed by atoms with van der Waals surface area (Å²) in [6.07, 6.45) is 0. The van der Waals surface area contributed by atoms with Crippen LogP contribution >= 0.6 is 0 Å². The van der Waals surface area contributed by atoms with Crippen molar-refractivity contribution in [3.8, 4) is 0 Å². The summed E-state index contributed by atoms with van der Waals surface area (Å²) in [4.78, 5) is 0. The van der Waals surface area contributed by atoms with Gasteiger partial charge >= 0.3 is 53.9 Å². The average molecular weight is 207 g/mol. The van der Waals surface area contributed by atoms with Crippen molar-refractivity contribution in [1.29, 1.82) is 0 Å². The monoisotopic (exact) mass is 210 g/mol. The molecule has 0 fully saturated rings. The normalized spacial score (nSPS) is 7.00. The van der Waals surface area contributed by atoms with E-state index in [9.17, 15) is 0 Å². The van der Waals surface area contributed by atoms with Crippen LogP contribution in [0.5, 0.6) is 0 Å². The molecular formula is C4H14Ge2. The fourth-order valence-electron chi connectivity index (χ4n) is 0. The molecule has 0 atom stereocenters. The van der Waals surface area contributed by atoms with Crippen molar-refractivity contribution in [1.82, 2.24) is 0 Å². The van der Waals surface area contributed by atoms with E-state index in [4.69, 9.17) is 0 Å². The fourth-order valence-corrected chi connectivity index (χ4v) is 0. The van der Waals surface area contributed by atoms with Crippen LogP contribution in [0.25, 0.3) is 0 Å². The van der Waals surface area contributed by atoms with E-state index in [-0.39, 0.29) is 14.3 Å². The first kappa shape index (κ1) is 10.1. The summed E-state index contributed by atoms with van der Waals surface area (Å²) >= 11 is 1.04. The molecule has 0 bridgehead atoms. The molecule has 0 heterocycles. The Balaban J connectivity index is 0. The van der Waals surface area contributed by atoms with E-state index in [1.807, 2.05) is 0 Å². The summed E-state index contributed by atoms with van der Waals surface area (Å²) in [6.45, 7) is 0. The minimum absolute atomic E-state index is 0.333. The molecule has 2 radical (unpaired) electrons. The van der Waals surface area contributed by atoms with Crippen LogP contribution in [0.15, 0.2) is 0 Å². The zero-order valence-corrected chi connectivity index (χ0v) is 10.3. The van der Waals surface area contributed by atoms with Crippen LogP contribution in [-0.4, -0.2) is 30.9 Å². The van der Waals surface area contributed by atoms with Gasteiger partial charge in [0.05, 0.1) is 0 Å². The van der Waals surface area contributed by atoms with Gasteiger partial charge in [-0.2, -0.15) is 0 Å². The van der Waals surface area contributed by atoms with Gasteiger partial charge in [0.2, 0.25) is 0 Å². The third-order valence-electron chi connectivity index (χ3n) is 0. The quantitative estimate of drug-likeness (QED) is 0.521. The van der Waals surface area contributed by atoms with Crippen molar-refractivity contribution < 1.29 is 0 Å². The Morgan fingerprint density at radius 1 is 1.00 bits per heavy atom. The SMILES string of the molecule is [CH3][GeH2].[CH3][Ge]([CH3])[CH3]. The van der Waals surface area contributed by atoms with Crippen molar-refractivity contribution in [2.75, 3.05) is 0 Å². The summed E-state index contributed by atoms with van der Waals surface area (Å²) in [5, 5.41) is 0. The van der Waals surface area contributed by atoms with Crippen LogP contribution in [0.3, 0.4) is 0 Å². The van der Waals surface area contributed by atoms with Crippen LogP contribution in [-0.2, 0) is 0 Å². The number of rotatable bonds is 0. The Morgan fingerprint density at radius 2 is 1.00 bits per heavy atom. The van der Waals surface area contributed by atoms with E-state index >= 15 is 0 Å². The van der Waals surface area contributed by atoms with E-state index in [0.29, 0.717) is 0 Å². The third kappa shape index (κ3) is 72.0. The summed E-state index contributed by atoms with van der Waals surface area (Å²) in [5.74, 6) is 9.13. The Morgan fingerprint density at radius 3 is 1.00 bits per heavy atom. The first-order valence-corrected chi connectivity index (χ1v) is 11.5. The molecule has 38 valence electrons. The van der Waals surface area contributed by atoms with Crippen LogP contribution in [0.4, 0.5) is 0 Å². The van der Waals surface area contributed by atoms with Gasteiger partial charge < -0.3 is 0 Å². The van der Waals surface area contributed by atoms with Crippen molar-refractivity contribution in [2.24, 2.45) is 0 Å². The van der Waals surface area contributed by atoms with Crippen molar-refractivity contribution in [2.45, 2.75) is 23.0 Å². The maximum atomic E-state index is 2.33. The van der Waals surface area contributed by atoms with Gasteiger partial charge in [-0.15, -0.1) is 0 Å². The predicted octanol–water partition coefficient (Wildman–Crippen LogP) is 1.04. The van der Waals surface area contributed by atoms with Gasteiger partial charge in [-0.3, -0.25) is 0 Å². The molecule has 2 heteroatoms. The molecule has 0 aliphatic carbocycles. The summed E-state index contributed by atoms with van der Waals surface area (Å²) in [7, 11) is 0. The predicted molar refractivity (Wildman–Crippen MR) is 37.8 cm³/mol. The molecular weight excluding hydrogens is 193 g/mol. The molecule has 0 aromatic carbocycles. The topological polar surface area (TPSA) is 0 Å². The van der Waals surface area contributed by atoms with E-state index in [1.165, 1.54) is 16.5 Å². The Hall–Kier alpha value is 1.09. The van der Waals surface area contributed by atoms with Gasteiger partial charge in [0.25, 0.3) is 0 Å². The van der Waals surface area contributed by atoms with Crippen molar-refractivity contribution >= 4 is 30.9 Å². The van der Waals surface area contributed by atoms with Crippen LogP contribution < -0.4 is 0 Å². The van der Waals surface area contributed by atoms with E-state index in [0.717, 1.165) is 0 Å². The van der Waals surface area contributed by atoms with Crippen LogP contribution in [0.1, 0.15) is 0 Å². The van der Waals surface area contributed by atoms with Gasteiger partial charge in [-0.25, -0.2) is 0 Å². The fraction of sp³-hybridized carbons (Fsp3) is 1.00. The first-order valence-electron chi connectivity index (χ1n) is 2.21. The molecule has 0 saturated carbocycles. The molecule has 0 aliphatic heterocycles. The molecule has 0 rings (SSSR count). The molecule has 0 saturated heterocycles. The number of hydrogen-bond acceptors (Lipinski definition) is 0. The van der Waals surface area contributed by atoms with E-state index in [2.05, 4.69) is 23.0 Å². The third-order valence-corrected chi connectivity index (χ3v) is 0. The van der Waals surface area contributed by atoms with E-state index < -0.39 is 0 Å². The zero-order valence-electron chi connectivity index (χ0n) is 5.21. The second-order valence-corrected chi connectivity index (χ2v) is 7.79. The molecule has 0 amide bonds. The zero-order chi connectivity index (χ0) is 5.58. The Bertz CT molecular complexity index is 10.3. The molecule has 0 unspecified atom stereocenters. The van der Waals surface area contributed by atoms with Crippen LogP contribution in [0, 0.1) is 0 Å². The van der Waals surface area contributed by atoms with Gasteiger partial charge in [0.1, 0.15) is 0 Å². The minimum atomic E-state index is -0.333. The molecule has 0 N–H and O–H groups in total. The van der Waals surface area contributed by atoms with Gasteiger partial charge in [0.15, 0.2) is 0 Å². The maximum absolute atomic E-state index is 2.33. The summed E-state index contributed by atoms with van der Waals surface area (Å²) in [6, 6.07) is 0. The van der Waals surface area contributed by atoms with Gasteiger partial charge in [-0.05, 0) is 0 Å². The average Bonchev–Trinajstić information content (AvgIpc) is 1.41. The van der Waals surface area contributed by atoms with Crippen molar-refractivity contribution in [3.05, 3.63) is 0 Å². The van der Waals surface area contributed by atoms with Crippen LogP contribution in [0.2, 0.25) is 23.0 Å². The Labute approximate surface area is 54.0 Å². The Kier molecular flexibility index (Phi) is 15.9. The van der Waals surface area contributed by atoms with Gasteiger partial charge in [0, 0.05) is 0 Å². The van der Waals surface area contributed by atoms with Crippen molar-refractivity contribution in [3.63, 3.8) is 0 Å².